The molecule has 1 aliphatic heterocycles. The van der Waals surface area contributed by atoms with E-state index in [4.69, 9.17) is 9.47 Å². The predicted molar refractivity (Wildman–Crippen MR) is 112 cm³/mol. The van der Waals surface area contributed by atoms with Gasteiger partial charge in [0, 0.05) is 39.3 Å². The minimum absolute atomic E-state index is 0.384. The first-order chi connectivity index (χ1) is 13.7. The van der Waals surface area contributed by atoms with Crippen LogP contribution in [0.2, 0.25) is 0 Å². The molecule has 0 aliphatic carbocycles. The highest BCUT2D eigenvalue weighted by Crippen LogP contribution is 2.14. The van der Waals surface area contributed by atoms with Crippen LogP contribution in [-0.2, 0) is 17.7 Å². The second kappa shape index (κ2) is 11.2. The summed E-state index contributed by atoms with van der Waals surface area (Å²) in [5, 5.41) is 10.7. The zero-order valence-electron chi connectivity index (χ0n) is 16.8. The summed E-state index contributed by atoms with van der Waals surface area (Å²) in [6.07, 6.45) is 0.294. The molecule has 2 aromatic rings. The molecule has 5 heteroatoms. The predicted octanol–water partition coefficient (Wildman–Crippen LogP) is 2.43. The van der Waals surface area contributed by atoms with E-state index >= 15 is 0 Å². The van der Waals surface area contributed by atoms with Crippen LogP contribution in [0.1, 0.15) is 11.1 Å². The van der Waals surface area contributed by atoms with Crippen LogP contribution in [0.3, 0.4) is 0 Å². The molecular formula is C23H32N2O3. The lowest BCUT2D eigenvalue weighted by Gasteiger charge is -2.31. The lowest BCUT2D eigenvalue weighted by Crippen LogP contribution is -2.43. The van der Waals surface area contributed by atoms with Crippen LogP contribution in [-0.4, -0.2) is 74.1 Å². The van der Waals surface area contributed by atoms with E-state index in [2.05, 4.69) is 34.1 Å². The monoisotopic (exact) mass is 384 g/mol. The minimum Gasteiger partial charge on any atom is -0.497 e. The van der Waals surface area contributed by atoms with Crippen molar-refractivity contribution in [2.24, 2.45) is 0 Å². The Morgan fingerprint density at radius 3 is 2.43 bits per heavy atom. The van der Waals surface area contributed by atoms with E-state index in [1.54, 1.807) is 7.11 Å². The van der Waals surface area contributed by atoms with Crippen molar-refractivity contribution in [2.75, 3.05) is 53.0 Å². The van der Waals surface area contributed by atoms with Gasteiger partial charge in [-0.25, -0.2) is 0 Å². The molecule has 1 saturated heterocycles. The molecule has 152 valence electrons. The lowest BCUT2D eigenvalue weighted by molar-refractivity contribution is 0.0292. The van der Waals surface area contributed by atoms with Gasteiger partial charge in [0.2, 0.25) is 0 Å². The number of hydrogen-bond acceptors (Lipinski definition) is 5. The van der Waals surface area contributed by atoms with Crippen molar-refractivity contribution in [3.8, 4) is 5.75 Å². The molecule has 3 rings (SSSR count). The average Bonchev–Trinajstić information content (AvgIpc) is 2.74. The van der Waals surface area contributed by atoms with E-state index in [9.17, 15) is 5.11 Å². The number of methoxy groups -OCH3 is 1. The van der Waals surface area contributed by atoms with E-state index in [0.29, 0.717) is 13.0 Å². The first-order valence-electron chi connectivity index (χ1n) is 10.1. The largest absolute Gasteiger partial charge is 0.497 e. The van der Waals surface area contributed by atoms with E-state index in [-0.39, 0.29) is 6.10 Å². The van der Waals surface area contributed by atoms with Gasteiger partial charge < -0.3 is 14.6 Å². The summed E-state index contributed by atoms with van der Waals surface area (Å²) in [5.74, 6) is 0.868. The quantitative estimate of drug-likeness (QED) is 0.682. The van der Waals surface area contributed by atoms with Crippen LogP contribution in [0.15, 0.2) is 54.6 Å². The summed E-state index contributed by atoms with van der Waals surface area (Å²) in [6, 6.07) is 18.4. The summed E-state index contributed by atoms with van der Waals surface area (Å²) in [4.78, 5) is 4.79. The molecule has 5 nitrogen and oxygen atoms in total. The normalized spacial score (nSPS) is 16.2. The summed E-state index contributed by atoms with van der Waals surface area (Å²) in [7, 11) is 1.68. The Balaban J connectivity index is 1.58. The van der Waals surface area contributed by atoms with Gasteiger partial charge in [-0.1, -0.05) is 42.5 Å². The third-order valence-electron chi connectivity index (χ3n) is 5.18. The van der Waals surface area contributed by atoms with Crippen LogP contribution >= 0.6 is 0 Å². The Kier molecular flexibility index (Phi) is 8.30. The van der Waals surface area contributed by atoms with Gasteiger partial charge in [0.1, 0.15) is 5.75 Å². The number of hydrogen-bond donors (Lipinski definition) is 1. The fraction of sp³-hybridized carbons (Fsp3) is 0.478. The Morgan fingerprint density at radius 2 is 1.75 bits per heavy atom. The van der Waals surface area contributed by atoms with Crippen LogP contribution in [0.5, 0.6) is 5.75 Å². The third-order valence-corrected chi connectivity index (χ3v) is 5.18. The van der Waals surface area contributed by atoms with Crippen LogP contribution in [0.4, 0.5) is 0 Å². The van der Waals surface area contributed by atoms with Crippen LogP contribution < -0.4 is 4.74 Å². The SMILES string of the molecule is COc1ccc(CN(CCN2CCOCC2)C[C@H](O)Cc2ccccc2)cc1. The van der Waals surface area contributed by atoms with Gasteiger partial charge in [-0.2, -0.15) is 0 Å². The maximum Gasteiger partial charge on any atom is 0.118 e. The molecule has 1 aliphatic rings. The number of benzene rings is 2. The van der Waals surface area contributed by atoms with Gasteiger partial charge in [-0.05, 0) is 29.7 Å². The third kappa shape index (κ3) is 6.91. The molecule has 0 saturated carbocycles. The Morgan fingerprint density at radius 1 is 1.04 bits per heavy atom. The second-order valence-electron chi connectivity index (χ2n) is 7.38. The maximum atomic E-state index is 10.7. The second-order valence-corrected chi connectivity index (χ2v) is 7.38. The van der Waals surface area contributed by atoms with Crippen molar-refractivity contribution < 1.29 is 14.6 Å². The Hall–Kier alpha value is -1.92. The molecule has 1 heterocycles. The highest BCUT2D eigenvalue weighted by Gasteiger charge is 2.16. The molecule has 0 amide bonds. The topological polar surface area (TPSA) is 45.2 Å². The van der Waals surface area contributed by atoms with E-state index < -0.39 is 0 Å². The smallest absolute Gasteiger partial charge is 0.118 e. The molecule has 1 N–H and O–H groups in total. The molecule has 2 aromatic carbocycles. The van der Waals surface area contributed by atoms with E-state index in [1.165, 1.54) is 11.1 Å². The number of rotatable bonds is 10. The zero-order valence-corrected chi connectivity index (χ0v) is 16.8. The van der Waals surface area contributed by atoms with E-state index in [0.717, 1.165) is 51.7 Å². The first-order valence-corrected chi connectivity index (χ1v) is 10.1. The van der Waals surface area contributed by atoms with Gasteiger partial charge in [0.15, 0.2) is 0 Å². The molecule has 0 aromatic heterocycles. The van der Waals surface area contributed by atoms with Gasteiger partial charge in [-0.3, -0.25) is 9.80 Å². The lowest BCUT2D eigenvalue weighted by atomic mass is 10.1. The number of nitrogens with zero attached hydrogens (tertiary/aromatic N) is 2. The van der Waals surface area contributed by atoms with Crippen molar-refractivity contribution in [2.45, 2.75) is 19.1 Å². The molecule has 1 atom stereocenters. The first kappa shape index (κ1) is 20.8. The molecule has 0 spiro atoms. The maximum absolute atomic E-state index is 10.7. The van der Waals surface area contributed by atoms with E-state index in [1.807, 2.05) is 30.3 Å². The number of morpholine rings is 1. The summed E-state index contributed by atoms with van der Waals surface area (Å²) < 4.78 is 10.7. The Bertz CT molecular complexity index is 672. The number of ether oxygens (including phenoxy) is 2. The fourth-order valence-electron chi connectivity index (χ4n) is 3.58. The Labute approximate surface area is 168 Å². The highest BCUT2D eigenvalue weighted by atomic mass is 16.5. The van der Waals surface area contributed by atoms with Crippen LogP contribution in [0, 0.1) is 0 Å². The number of aliphatic hydroxyl groups is 1. The molecule has 0 radical (unpaired) electrons. The minimum atomic E-state index is -0.384. The van der Waals surface area contributed by atoms with Gasteiger partial charge in [0.05, 0.1) is 26.4 Å². The molecular weight excluding hydrogens is 352 g/mol. The molecule has 1 fully saturated rings. The number of aliphatic hydroxyl groups excluding tert-OH is 1. The summed E-state index contributed by atoms with van der Waals surface area (Å²) >= 11 is 0. The van der Waals surface area contributed by atoms with Gasteiger partial charge in [-0.15, -0.1) is 0 Å². The summed E-state index contributed by atoms with van der Waals surface area (Å²) in [6.45, 7) is 7.01. The van der Waals surface area contributed by atoms with Crippen molar-refractivity contribution in [3.63, 3.8) is 0 Å². The van der Waals surface area contributed by atoms with Gasteiger partial charge >= 0.3 is 0 Å². The molecule has 28 heavy (non-hydrogen) atoms. The van der Waals surface area contributed by atoms with Crippen LogP contribution in [0.25, 0.3) is 0 Å². The average molecular weight is 385 g/mol. The standard InChI is InChI=1S/C23H32N2O3/c1-27-23-9-7-21(8-10-23)18-25(12-11-24-13-15-28-16-14-24)19-22(26)17-20-5-3-2-4-6-20/h2-10,22,26H,11-19H2,1H3/t22-/m1/s1. The fourth-order valence-corrected chi connectivity index (χ4v) is 3.58. The molecule has 0 bridgehead atoms. The van der Waals surface area contributed by atoms with Gasteiger partial charge in [0.25, 0.3) is 0 Å². The van der Waals surface area contributed by atoms with Crippen molar-refractivity contribution in [1.82, 2.24) is 9.80 Å². The zero-order chi connectivity index (χ0) is 19.6. The highest BCUT2D eigenvalue weighted by molar-refractivity contribution is 5.27. The van der Waals surface area contributed by atoms with Crippen molar-refractivity contribution in [1.29, 1.82) is 0 Å². The summed E-state index contributed by atoms with van der Waals surface area (Å²) in [5.41, 5.74) is 2.40. The molecule has 0 unspecified atom stereocenters. The van der Waals surface area contributed by atoms with Crippen molar-refractivity contribution >= 4 is 0 Å². The van der Waals surface area contributed by atoms with Crippen molar-refractivity contribution in [3.05, 3.63) is 65.7 Å².